The average Bonchev–Trinajstić information content (AvgIpc) is 2.60. The number of ether oxygens (including phenoxy) is 1. The molecule has 1 aliphatic heterocycles. The van der Waals surface area contributed by atoms with Gasteiger partial charge >= 0.3 is 0 Å². The molecule has 2 nitrogen and oxygen atoms in total. The molecule has 0 aliphatic carbocycles. The summed E-state index contributed by atoms with van der Waals surface area (Å²) in [6, 6.07) is 25.0. The van der Waals surface area contributed by atoms with E-state index in [2.05, 4.69) is 59.9 Å². The van der Waals surface area contributed by atoms with Crippen LogP contribution in [0.4, 0.5) is 11.4 Å². The Morgan fingerprint density at radius 2 is 1.32 bits per heavy atom. The molecule has 2 heteroatoms. The lowest BCUT2D eigenvalue weighted by molar-refractivity contribution is 0.487. The summed E-state index contributed by atoms with van der Waals surface area (Å²) in [5.74, 6) is 1.78. The lowest BCUT2D eigenvalue weighted by atomic mass is 10.0. The van der Waals surface area contributed by atoms with Crippen LogP contribution in [0, 0.1) is 0 Å². The van der Waals surface area contributed by atoms with E-state index in [0.717, 1.165) is 28.3 Å². The van der Waals surface area contributed by atoms with Gasteiger partial charge in [0.1, 0.15) is 0 Å². The first-order valence-electron chi connectivity index (χ1n) is 7.38. The molecule has 0 aromatic heterocycles. The Morgan fingerprint density at radius 1 is 0.636 bits per heavy atom. The molecule has 1 N–H and O–H groups in total. The van der Waals surface area contributed by atoms with E-state index in [4.69, 9.17) is 4.74 Å². The van der Waals surface area contributed by atoms with Crippen molar-refractivity contribution in [2.75, 3.05) is 5.32 Å². The Kier molecular flexibility index (Phi) is 2.25. The summed E-state index contributed by atoms with van der Waals surface area (Å²) in [7, 11) is 0. The Bertz CT molecular complexity index is 951. The van der Waals surface area contributed by atoms with Crippen LogP contribution in [0.3, 0.4) is 0 Å². The summed E-state index contributed by atoms with van der Waals surface area (Å²) in [5.41, 5.74) is 2.06. The van der Waals surface area contributed by atoms with Crippen molar-refractivity contribution in [2.24, 2.45) is 0 Å². The average molecular weight is 283 g/mol. The van der Waals surface area contributed by atoms with Gasteiger partial charge in [0.05, 0.1) is 11.4 Å². The van der Waals surface area contributed by atoms with Gasteiger partial charge in [-0.3, -0.25) is 0 Å². The first-order chi connectivity index (χ1) is 10.9. The number of benzene rings is 4. The van der Waals surface area contributed by atoms with Gasteiger partial charge in [0, 0.05) is 10.8 Å². The van der Waals surface area contributed by atoms with Crippen molar-refractivity contribution in [1.82, 2.24) is 0 Å². The SMILES string of the molecule is c1ccc2c3c(ccc2c1)Oc1c(ccc2ccccc12)N3. The van der Waals surface area contributed by atoms with Crippen molar-refractivity contribution < 1.29 is 4.74 Å². The third kappa shape index (κ3) is 1.55. The van der Waals surface area contributed by atoms with Gasteiger partial charge in [-0.15, -0.1) is 0 Å². The highest BCUT2D eigenvalue weighted by Gasteiger charge is 2.20. The normalized spacial score (nSPS) is 12.4. The minimum absolute atomic E-state index is 0.877. The number of anilines is 2. The lowest BCUT2D eigenvalue weighted by Gasteiger charge is -2.24. The third-order valence-corrected chi connectivity index (χ3v) is 4.24. The monoisotopic (exact) mass is 283 g/mol. The fraction of sp³-hybridized carbons (Fsp3) is 0. The third-order valence-electron chi connectivity index (χ3n) is 4.24. The topological polar surface area (TPSA) is 21.3 Å². The van der Waals surface area contributed by atoms with Crippen LogP contribution >= 0.6 is 0 Å². The molecule has 0 atom stereocenters. The minimum Gasteiger partial charge on any atom is -0.452 e. The van der Waals surface area contributed by atoms with E-state index >= 15 is 0 Å². The predicted octanol–water partition coefficient (Wildman–Crippen LogP) is 5.84. The van der Waals surface area contributed by atoms with Crippen molar-refractivity contribution in [3.63, 3.8) is 0 Å². The highest BCUT2D eigenvalue weighted by molar-refractivity contribution is 6.03. The largest absolute Gasteiger partial charge is 0.452 e. The molecule has 0 saturated carbocycles. The summed E-state index contributed by atoms with van der Waals surface area (Å²) >= 11 is 0. The van der Waals surface area contributed by atoms with Crippen LogP contribution in [0.25, 0.3) is 21.5 Å². The minimum atomic E-state index is 0.877. The van der Waals surface area contributed by atoms with Crippen molar-refractivity contribution in [2.45, 2.75) is 0 Å². The number of hydrogen-bond donors (Lipinski definition) is 1. The summed E-state index contributed by atoms with van der Waals surface area (Å²) in [4.78, 5) is 0. The van der Waals surface area contributed by atoms with Crippen molar-refractivity contribution in [3.05, 3.63) is 72.8 Å². The Labute approximate surface area is 128 Å². The van der Waals surface area contributed by atoms with Gasteiger partial charge in [0.2, 0.25) is 0 Å². The standard InChI is InChI=1S/C20H13NO/c1-3-7-15-13(5-1)10-12-18-19(15)21-17-11-9-14-6-2-4-8-16(14)20(17)22-18/h1-12,21H. The number of nitrogens with one attached hydrogen (secondary N) is 1. The zero-order valence-corrected chi connectivity index (χ0v) is 11.8. The maximum atomic E-state index is 6.24. The molecule has 0 radical (unpaired) electrons. The molecule has 0 amide bonds. The van der Waals surface area contributed by atoms with Crippen LogP contribution in [-0.2, 0) is 0 Å². The smallest absolute Gasteiger partial charge is 0.158 e. The molecule has 5 rings (SSSR count). The second-order valence-electron chi connectivity index (χ2n) is 5.55. The molecule has 4 aromatic carbocycles. The van der Waals surface area contributed by atoms with Gasteiger partial charge < -0.3 is 10.1 Å². The summed E-state index contributed by atoms with van der Waals surface area (Å²) in [6.07, 6.45) is 0. The lowest BCUT2D eigenvalue weighted by Crippen LogP contribution is -2.03. The fourth-order valence-electron chi connectivity index (χ4n) is 3.16. The van der Waals surface area contributed by atoms with Crippen LogP contribution in [-0.4, -0.2) is 0 Å². The quantitative estimate of drug-likeness (QED) is 0.385. The zero-order chi connectivity index (χ0) is 14.5. The molecular formula is C20H13NO. The molecule has 1 aliphatic rings. The Morgan fingerprint density at radius 3 is 2.18 bits per heavy atom. The second kappa shape index (κ2) is 4.25. The van der Waals surface area contributed by atoms with E-state index < -0.39 is 0 Å². The van der Waals surface area contributed by atoms with Gasteiger partial charge in [-0.1, -0.05) is 60.7 Å². The molecule has 104 valence electrons. The highest BCUT2D eigenvalue weighted by Crippen LogP contribution is 2.47. The maximum absolute atomic E-state index is 6.24. The van der Waals surface area contributed by atoms with Crippen molar-refractivity contribution in [1.29, 1.82) is 0 Å². The molecule has 22 heavy (non-hydrogen) atoms. The summed E-state index contributed by atoms with van der Waals surface area (Å²) in [6.45, 7) is 0. The van der Waals surface area contributed by atoms with Crippen LogP contribution in [0.2, 0.25) is 0 Å². The van der Waals surface area contributed by atoms with E-state index in [9.17, 15) is 0 Å². The highest BCUT2D eigenvalue weighted by atomic mass is 16.5. The first kappa shape index (κ1) is 11.6. The van der Waals surface area contributed by atoms with Crippen LogP contribution in [0.5, 0.6) is 11.5 Å². The summed E-state index contributed by atoms with van der Waals surface area (Å²) < 4.78 is 6.24. The van der Waals surface area contributed by atoms with Gasteiger partial charge in [-0.2, -0.15) is 0 Å². The fourth-order valence-corrected chi connectivity index (χ4v) is 3.16. The molecule has 0 fully saturated rings. The van der Waals surface area contributed by atoms with Crippen molar-refractivity contribution in [3.8, 4) is 11.5 Å². The van der Waals surface area contributed by atoms with Crippen LogP contribution < -0.4 is 10.1 Å². The van der Waals surface area contributed by atoms with Crippen LogP contribution in [0.1, 0.15) is 0 Å². The van der Waals surface area contributed by atoms with Crippen LogP contribution in [0.15, 0.2) is 72.8 Å². The molecule has 4 aromatic rings. The molecule has 0 saturated heterocycles. The van der Waals surface area contributed by atoms with E-state index in [0.29, 0.717) is 0 Å². The summed E-state index contributed by atoms with van der Waals surface area (Å²) in [5, 5.41) is 8.26. The second-order valence-corrected chi connectivity index (χ2v) is 5.55. The van der Waals surface area contributed by atoms with Crippen molar-refractivity contribution >= 4 is 32.9 Å². The van der Waals surface area contributed by atoms with Gasteiger partial charge in [-0.25, -0.2) is 0 Å². The molecule has 0 bridgehead atoms. The number of hydrogen-bond acceptors (Lipinski definition) is 2. The van der Waals surface area contributed by atoms with Gasteiger partial charge in [0.25, 0.3) is 0 Å². The predicted molar refractivity (Wildman–Crippen MR) is 91.3 cm³/mol. The molecular weight excluding hydrogens is 270 g/mol. The molecule has 0 unspecified atom stereocenters. The van der Waals surface area contributed by atoms with E-state index in [1.165, 1.54) is 16.2 Å². The first-order valence-corrected chi connectivity index (χ1v) is 7.38. The zero-order valence-electron chi connectivity index (χ0n) is 11.8. The number of rotatable bonds is 0. The number of fused-ring (bicyclic) bond motifs is 6. The van der Waals surface area contributed by atoms with Gasteiger partial charge in [-0.05, 0) is 22.9 Å². The van der Waals surface area contributed by atoms with E-state index in [-0.39, 0.29) is 0 Å². The molecule has 0 spiro atoms. The van der Waals surface area contributed by atoms with E-state index in [1.54, 1.807) is 0 Å². The van der Waals surface area contributed by atoms with E-state index in [1.807, 2.05) is 18.2 Å². The Hall–Kier alpha value is -3.00. The Balaban J connectivity index is 1.78. The maximum Gasteiger partial charge on any atom is 0.158 e. The molecule has 1 heterocycles. The van der Waals surface area contributed by atoms with Gasteiger partial charge in [0.15, 0.2) is 11.5 Å².